The molecule has 0 aliphatic rings. The highest BCUT2D eigenvalue weighted by Gasteiger charge is 2.18. The molecule has 1 aromatic rings. The summed E-state index contributed by atoms with van der Waals surface area (Å²) in [7, 11) is 2.70. The van der Waals surface area contributed by atoms with Crippen LogP contribution in [0.1, 0.15) is 16.2 Å². The quantitative estimate of drug-likeness (QED) is 0.752. The van der Waals surface area contributed by atoms with Gasteiger partial charge in [0.15, 0.2) is 0 Å². The Kier molecular flexibility index (Phi) is 3.40. The average molecular weight is 261 g/mol. The number of nitrogens with zero attached hydrogens (tertiary/aromatic N) is 2. The fourth-order valence-electron chi connectivity index (χ4n) is 0.850. The molecule has 1 rings (SSSR count). The van der Waals surface area contributed by atoms with E-state index in [0.29, 0.717) is 10.3 Å². The van der Waals surface area contributed by atoms with Gasteiger partial charge in [0.05, 0.1) is 19.9 Å². The summed E-state index contributed by atoms with van der Waals surface area (Å²) in [5, 5.41) is 0. The zero-order chi connectivity index (χ0) is 10.7. The largest absolute Gasteiger partial charge is 0.479 e. The highest BCUT2D eigenvalue weighted by Crippen LogP contribution is 2.19. The molecule has 0 fully saturated rings. The SMILES string of the molecule is COC(=O)c1nc(Br)c(C)nc1OC. The third kappa shape index (κ3) is 2.01. The number of methoxy groups -OCH3 is 2. The van der Waals surface area contributed by atoms with E-state index in [2.05, 4.69) is 30.6 Å². The number of rotatable bonds is 2. The fraction of sp³-hybridized carbons (Fsp3) is 0.375. The van der Waals surface area contributed by atoms with Crippen LogP contribution in [0.4, 0.5) is 0 Å². The molecule has 0 bridgehead atoms. The van der Waals surface area contributed by atoms with Crippen molar-refractivity contribution < 1.29 is 14.3 Å². The first kappa shape index (κ1) is 10.9. The lowest BCUT2D eigenvalue weighted by atomic mass is 10.4. The second-order valence-electron chi connectivity index (χ2n) is 2.45. The second kappa shape index (κ2) is 4.36. The van der Waals surface area contributed by atoms with Crippen molar-refractivity contribution in [3.05, 3.63) is 16.0 Å². The normalized spacial score (nSPS) is 9.71. The smallest absolute Gasteiger partial charge is 0.362 e. The first-order valence-electron chi connectivity index (χ1n) is 3.76. The number of hydrogen-bond acceptors (Lipinski definition) is 5. The van der Waals surface area contributed by atoms with E-state index < -0.39 is 5.97 Å². The van der Waals surface area contributed by atoms with Crippen LogP contribution in [0.3, 0.4) is 0 Å². The van der Waals surface area contributed by atoms with Crippen molar-refractivity contribution in [2.45, 2.75) is 6.92 Å². The maximum absolute atomic E-state index is 11.2. The van der Waals surface area contributed by atoms with Crippen LogP contribution < -0.4 is 4.74 Å². The van der Waals surface area contributed by atoms with Crippen molar-refractivity contribution in [3.63, 3.8) is 0 Å². The van der Waals surface area contributed by atoms with Gasteiger partial charge in [0.2, 0.25) is 11.6 Å². The number of hydrogen-bond donors (Lipinski definition) is 0. The summed E-state index contributed by atoms with van der Waals surface area (Å²) >= 11 is 3.17. The number of aryl methyl sites for hydroxylation is 1. The minimum Gasteiger partial charge on any atom is -0.479 e. The molecular weight excluding hydrogens is 252 g/mol. The van der Waals surface area contributed by atoms with Gasteiger partial charge < -0.3 is 9.47 Å². The Hall–Kier alpha value is -1.17. The van der Waals surface area contributed by atoms with Gasteiger partial charge in [-0.25, -0.2) is 14.8 Å². The molecule has 0 aliphatic heterocycles. The van der Waals surface area contributed by atoms with E-state index in [0.717, 1.165) is 0 Å². The molecule has 0 aromatic carbocycles. The van der Waals surface area contributed by atoms with Crippen molar-refractivity contribution in [2.24, 2.45) is 0 Å². The van der Waals surface area contributed by atoms with Gasteiger partial charge in [0.1, 0.15) is 4.60 Å². The van der Waals surface area contributed by atoms with Gasteiger partial charge in [-0.1, -0.05) is 0 Å². The monoisotopic (exact) mass is 260 g/mol. The highest BCUT2D eigenvalue weighted by molar-refractivity contribution is 9.10. The van der Waals surface area contributed by atoms with Crippen LogP contribution in [0.15, 0.2) is 4.60 Å². The van der Waals surface area contributed by atoms with Crippen LogP contribution in [-0.4, -0.2) is 30.2 Å². The van der Waals surface area contributed by atoms with E-state index in [-0.39, 0.29) is 11.6 Å². The number of carbonyl (C=O) groups excluding carboxylic acids is 1. The molecule has 0 amide bonds. The molecule has 0 saturated carbocycles. The Balaban J connectivity index is 3.27. The number of carbonyl (C=O) groups is 1. The zero-order valence-corrected chi connectivity index (χ0v) is 9.58. The topological polar surface area (TPSA) is 61.3 Å². The molecule has 1 heterocycles. The molecule has 1 aromatic heterocycles. The van der Waals surface area contributed by atoms with Crippen LogP contribution in [-0.2, 0) is 4.74 Å². The van der Waals surface area contributed by atoms with Gasteiger partial charge in [-0.05, 0) is 22.9 Å². The van der Waals surface area contributed by atoms with E-state index in [1.54, 1.807) is 6.92 Å². The van der Waals surface area contributed by atoms with Crippen molar-refractivity contribution in [3.8, 4) is 5.88 Å². The second-order valence-corrected chi connectivity index (χ2v) is 3.20. The van der Waals surface area contributed by atoms with Gasteiger partial charge in [-0.2, -0.15) is 0 Å². The number of halogens is 1. The number of esters is 1. The van der Waals surface area contributed by atoms with E-state index >= 15 is 0 Å². The van der Waals surface area contributed by atoms with E-state index in [4.69, 9.17) is 4.74 Å². The van der Waals surface area contributed by atoms with Crippen LogP contribution in [0, 0.1) is 6.92 Å². The fourth-order valence-corrected chi connectivity index (χ4v) is 1.12. The third-order valence-corrected chi connectivity index (χ3v) is 2.30. The van der Waals surface area contributed by atoms with E-state index in [1.165, 1.54) is 14.2 Å². The van der Waals surface area contributed by atoms with Crippen LogP contribution in [0.2, 0.25) is 0 Å². The van der Waals surface area contributed by atoms with Gasteiger partial charge in [0.25, 0.3) is 0 Å². The highest BCUT2D eigenvalue weighted by atomic mass is 79.9. The average Bonchev–Trinajstić information content (AvgIpc) is 2.20. The molecule has 0 spiro atoms. The van der Waals surface area contributed by atoms with Crippen LogP contribution in [0.5, 0.6) is 5.88 Å². The molecule has 0 N–H and O–H groups in total. The lowest BCUT2D eigenvalue weighted by Crippen LogP contribution is -2.09. The molecule has 76 valence electrons. The molecule has 0 aliphatic carbocycles. The van der Waals surface area contributed by atoms with Crippen LogP contribution in [0.25, 0.3) is 0 Å². The lowest BCUT2D eigenvalue weighted by molar-refractivity contribution is 0.0588. The molecule has 6 heteroatoms. The van der Waals surface area contributed by atoms with Gasteiger partial charge in [-0.15, -0.1) is 0 Å². The Morgan fingerprint density at radius 2 is 2.00 bits per heavy atom. The lowest BCUT2D eigenvalue weighted by Gasteiger charge is -2.06. The Morgan fingerprint density at radius 3 is 2.50 bits per heavy atom. The Bertz CT molecular complexity index is 368. The first-order chi connectivity index (χ1) is 6.60. The summed E-state index contributed by atoms with van der Waals surface area (Å²) in [6.45, 7) is 1.75. The van der Waals surface area contributed by atoms with Gasteiger partial charge >= 0.3 is 5.97 Å². The molecule has 0 unspecified atom stereocenters. The summed E-state index contributed by atoms with van der Waals surface area (Å²) in [5.41, 5.74) is 0.710. The maximum atomic E-state index is 11.2. The van der Waals surface area contributed by atoms with Gasteiger partial charge in [0, 0.05) is 0 Å². The maximum Gasteiger partial charge on any atom is 0.362 e. The minimum absolute atomic E-state index is 0.0625. The Labute approximate surface area is 89.6 Å². The number of ether oxygens (including phenoxy) is 2. The van der Waals surface area contributed by atoms with Crippen molar-refractivity contribution in [2.75, 3.05) is 14.2 Å². The van der Waals surface area contributed by atoms with Crippen molar-refractivity contribution >= 4 is 21.9 Å². The number of aromatic nitrogens is 2. The minimum atomic E-state index is -0.574. The summed E-state index contributed by atoms with van der Waals surface area (Å²) < 4.78 is 9.94. The van der Waals surface area contributed by atoms with Gasteiger partial charge in [-0.3, -0.25) is 0 Å². The standard InChI is InChI=1S/C8H9BrN2O3/c1-4-6(9)11-5(8(12)14-3)7(10-4)13-2/h1-3H3. The molecule has 0 saturated heterocycles. The molecule has 14 heavy (non-hydrogen) atoms. The van der Waals surface area contributed by atoms with E-state index in [1.807, 2.05) is 0 Å². The van der Waals surface area contributed by atoms with Crippen molar-refractivity contribution in [1.82, 2.24) is 9.97 Å². The van der Waals surface area contributed by atoms with E-state index in [9.17, 15) is 4.79 Å². The first-order valence-corrected chi connectivity index (χ1v) is 4.56. The predicted molar refractivity (Wildman–Crippen MR) is 52.4 cm³/mol. The summed E-state index contributed by atoms with van der Waals surface area (Å²) in [6.07, 6.45) is 0. The summed E-state index contributed by atoms with van der Waals surface area (Å²) in [6, 6.07) is 0. The summed E-state index contributed by atoms with van der Waals surface area (Å²) in [4.78, 5) is 19.2. The predicted octanol–water partition coefficient (Wildman–Crippen LogP) is 1.34. The third-order valence-electron chi connectivity index (χ3n) is 1.55. The summed E-state index contributed by atoms with van der Waals surface area (Å²) in [5.74, 6) is -0.410. The zero-order valence-electron chi connectivity index (χ0n) is 8.00. The Morgan fingerprint density at radius 1 is 1.36 bits per heavy atom. The molecule has 0 atom stereocenters. The van der Waals surface area contributed by atoms with Crippen LogP contribution >= 0.6 is 15.9 Å². The molecule has 5 nitrogen and oxygen atoms in total. The molecule has 0 radical (unpaired) electrons. The van der Waals surface area contributed by atoms with Crippen molar-refractivity contribution in [1.29, 1.82) is 0 Å². The molecular formula is C8H9BrN2O3.